The summed E-state index contributed by atoms with van der Waals surface area (Å²) in [6.07, 6.45) is 3.81. The maximum absolute atomic E-state index is 12.2. The Bertz CT molecular complexity index is 547. The molecule has 1 aromatic rings. The summed E-state index contributed by atoms with van der Waals surface area (Å²) >= 11 is 0. The number of nitrogens with zero attached hydrogens (tertiary/aromatic N) is 1. The molecule has 1 saturated carbocycles. The number of carbonyl (C=O) groups excluding carboxylic acids is 2. The number of aliphatic carboxylic acids is 1. The average Bonchev–Trinajstić information content (AvgIpc) is 3.19. The van der Waals surface area contributed by atoms with Crippen LogP contribution in [0.1, 0.15) is 42.2 Å². The van der Waals surface area contributed by atoms with Crippen LogP contribution in [0.2, 0.25) is 0 Å². The monoisotopic (exact) mass is 294 g/mol. The number of ether oxygens (including phenoxy) is 1. The first-order chi connectivity index (χ1) is 10.0. The topological polar surface area (TPSA) is 97.6 Å². The molecule has 7 nitrogen and oxygen atoms in total. The average molecular weight is 294 g/mol. The Balaban J connectivity index is 1.98. The zero-order chi connectivity index (χ0) is 15.4. The van der Waals surface area contributed by atoms with Crippen molar-refractivity contribution in [2.75, 3.05) is 7.11 Å². The standard InChI is InChI=1S/C14H18N2O5/c1-21-12(17)7-6-10(14(19)20)15-13(18)11-3-2-8-16(11)9-4-5-9/h2-3,8-10H,4-7H2,1H3,(H,15,18)(H,19,20)/t10-/m1/s1. The highest BCUT2D eigenvalue weighted by Crippen LogP contribution is 2.35. The van der Waals surface area contributed by atoms with E-state index in [1.165, 1.54) is 7.11 Å². The third-order valence-electron chi connectivity index (χ3n) is 3.42. The highest BCUT2D eigenvalue weighted by molar-refractivity contribution is 5.95. The van der Waals surface area contributed by atoms with Crippen LogP contribution in [-0.2, 0) is 14.3 Å². The normalized spacial score (nSPS) is 15.3. The summed E-state index contributed by atoms with van der Waals surface area (Å²) in [5.41, 5.74) is 0.446. The number of carboxylic acids is 1. The maximum atomic E-state index is 12.2. The quantitative estimate of drug-likeness (QED) is 0.730. The van der Waals surface area contributed by atoms with Gasteiger partial charge in [0.2, 0.25) is 0 Å². The first kappa shape index (κ1) is 15.1. The molecule has 1 aliphatic rings. The van der Waals surface area contributed by atoms with Crippen LogP contribution in [0.4, 0.5) is 0 Å². The van der Waals surface area contributed by atoms with E-state index in [0.717, 1.165) is 12.8 Å². The number of carboxylic acid groups (broad SMARTS) is 1. The Kier molecular flexibility index (Phi) is 4.62. The summed E-state index contributed by atoms with van der Waals surface area (Å²) in [6.45, 7) is 0. The van der Waals surface area contributed by atoms with E-state index in [1.54, 1.807) is 12.1 Å². The summed E-state index contributed by atoms with van der Waals surface area (Å²) in [4.78, 5) is 34.4. The SMILES string of the molecule is COC(=O)CC[C@@H](NC(=O)c1cccn1C1CC1)C(=O)O. The molecule has 7 heteroatoms. The summed E-state index contributed by atoms with van der Waals surface area (Å²) in [5, 5.41) is 11.6. The van der Waals surface area contributed by atoms with E-state index in [1.807, 2.05) is 10.8 Å². The molecule has 0 radical (unpaired) electrons. The highest BCUT2D eigenvalue weighted by Gasteiger charge is 2.28. The lowest BCUT2D eigenvalue weighted by Crippen LogP contribution is -2.41. The van der Waals surface area contributed by atoms with Gasteiger partial charge in [0.05, 0.1) is 7.11 Å². The number of nitrogens with one attached hydrogen (secondary N) is 1. The van der Waals surface area contributed by atoms with Crippen molar-refractivity contribution in [2.45, 2.75) is 37.8 Å². The van der Waals surface area contributed by atoms with Crippen molar-refractivity contribution in [1.29, 1.82) is 0 Å². The van der Waals surface area contributed by atoms with Gasteiger partial charge in [-0.1, -0.05) is 0 Å². The van der Waals surface area contributed by atoms with Gasteiger partial charge in [0.15, 0.2) is 0 Å². The second-order valence-electron chi connectivity index (χ2n) is 5.01. The Labute approximate surface area is 121 Å². The molecule has 0 saturated heterocycles. The summed E-state index contributed by atoms with van der Waals surface area (Å²) in [5.74, 6) is -2.11. The molecule has 114 valence electrons. The molecule has 2 rings (SSSR count). The second kappa shape index (κ2) is 6.43. The summed E-state index contributed by atoms with van der Waals surface area (Å²) < 4.78 is 6.32. The number of carbonyl (C=O) groups is 3. The smallest absolute Gasteiger partial charge is 0.326 e. The van der Waals surface area contributed by atoms with Crippen molar-refractivity contribution >= 4 is 17.8 Å². The molecule has 1 aromatic heterocycles. The fraction of sp³-hybridized carbons (Fsp3) is 0.500. The summed E-state index contributed by atoms with van der Waals surface area (Å²) in [7, 11) is 1.24. The van der Waals surface area contributed by atoms with E-state index in [-0.39, 0.29) is 12.8 Å². The molecular weight excluding hydrogens is 276 g/mol. The molecule has 1 fully saturated rings. The van der Waals surface area contributed by atoms with Gasteiger partial charge in [0, 0.05) is 18.7 Å². The first-order valence-electron chi connectivity index (χ1n) is 6.80. The van der Waals surface area contributed by atoms with Crippen LogP contribution < -0.4 is 5.32 Å². The van der Waals surface area contributed by atoms with Crippen molar-refractivity contribution in [3.05, 3.63) is 24.0 Å². The molecule has 21 heavy (non-hydrogen) atoms. The van der Waals surface area contributed by atoms with Gasteiger partial charge in [-0.3, -0.25) is 9.59 Å². The maximum Gasteiger partial charge on any atom is 0.326 e. The molecule has 1 aliphatic carbocycles. The van der Waals surface area contributed by atoms with Crippen LogP contribution >= 0.6 is 0 Å². The number of hydrogen-bond donors (Lipinski definition) is 2. The zero-order valence-corrected chi connectivity index (χ0v) is 11.7. The second-order valence-corrected chi connectivity index (χ2v) is 5.01. The largest absolute Gasteiger partial charge is 0.480 e. The lowest BCUT2D eigenvalue weighted by atomic mass is 10.1. The Morgan fingerprint density at radius 2 is 2.19 bits per heavy atom. The van der Waals surface area contributed by atoms with Crippen molar-refractivity contribution in [1.82, 2.24) is 9.88 Å². The predicted molar refractivity (Wildman–Crippen MR) is 72.8 cm³/mol. The molecule has 0 spiro atoms. The van der Waals surface area contributed by atoms with Crippen molar-refractivity contribution in [3.8, 4) is 0 Å². The van der Waals surface area contributed by atoms with E-state index in [9.17, 15) is 14.4 Å². The number of methoxy groups -OCH3 is 1. The Morgan fingerprint density at radius 3 is 2.76 bits per heavy atom. The van der Waals surface area contributed by atoms with Gasteiger partial charge in [0.1, 0.15) is 11.7 Å². The van der Waals surface area contributed by atoms with Gasteiger partial charge >= 0.3 is 11.9 Å². The number of hydrogen-bond acceptors (Lipinski definition) is 4. The summed E-state index contributed by atoms with van der Waals surface area (Å²) in [6, 6.07) is 2.64. The van der Waals surface area contributed by atoms with E-state index in [2.05, 4.69) is 10.1 Å². The zero-order valence-electron chi connectivity index (χ0n) is 11.7. The third-order valence-corrected chi connectivity index (χ3v) is 3.42. The van der Waals surface area contributed by atoms with E-state index >= 15 is 0 Å². The van der Waals surface area contributed by atoms with Crippen LogP contribution in [-0.4, -0.2) is 40.7 Å². The van der Waals surface area contributed by atoms with Crippen LogP contribution in [0.25, 0.3) is 0 Å². The molecular formula is C14H18N2O5. The van der Waals surface area contributed by atoms with Gasteiger partial charge in [-0.2, -0.15) is 0 Å². The molecule has 1 heterocycles. The fourth-order valence-corrected chi connectivity index (χ4v) is 2.11. The molecule has 2 N–H and O–H groups in total. The van der Waals surface area contributed by atoms with Crippen LogP contribution in [0.5, 0.6) is 0 Å². The van der Waals surface area contributed by atoms with Gasteiger partial charge in [0.25, 0.3) is 5.91 Å². The number of rotatable bonds is 7. The van der Waals surface area contributed by atoms with E-state index in [4.69, 9.17) is 5.11 Å². The van der Waals surface area contributed by atoms with Gasteiger partial charge in [-0.05, 0) is 31.4 Å². The van der Waals surface area contributed by atoms with Crippen molar-refractivity contribution in [2.24, 2.45) is 0 Å². The number of aromatic nitrogens is 1. The molecule has 1 atom stereocenters. The number of esters is 1. The third kappa shape index (κ3) is 3.84. The minimum atomic E-state index is -1.17. The van der Waals surface area contributed by atoms with Gasteiger partial charge in [-0.25, -0.2) is 4.79 Å². The van der Waals surface area contributed by atoms with Crippen molar-refractivity contribution < 1.29 is 24.2 Å². The molecule has 0 aromatic carbocycles. The van der Waals surface area contributed by atoms with Crippen LogP contribution in [0.15, 0.2) is 18.3 Å². The molecule has 0 unspecified atom stereocenters. The van der Waals surface area contributed by atoms with E-state index < -0.39 is 23.9 Å². The minimum absolute atomic E-state index is 0.00210. The number of amides is 1. The first-order valence-corrected chi connectivity index (χ1v) is 6.80. The van der Waals surface area contributed by atoms with Crippen LogP contribution in [0.3, 0.4) is 0 Å². The molecule has 0 aliphatic heterocycles. The molecule has 0 bridgehead atoms. The fourth-order valence-electron chi connectivity index (χ4n) is 2.11. The lowest BCUT2D eigenvalue weighted by Gasteiger charge is -2.15. The predicted octanol–water partition coefficient (Wildman–Crippen LogP) is 0.959. The van der Waals surface area contributed by atoms with Gasteiger partial charge in [-0.15, -0.1) is 0 Å². The minimum Gasteiger partial charge on any atom is -0.480 e. The molecule has 1 amide bonds. The van der Waals surface area contributed by atoms with E-state index in [0.29, 0.717) is 11.7 Å². The van der Waals surface area contributed by atoms with Crippen molar-refractivity contribution in [3.63, 3.8) is 0 Å². The lowest BCUT2D eigenvalue weighted by molar-refractivity contribution is -0.142. The Hall–Kier alpha value is -2.31. The van der Waals surface area contributed by atoms with Crippen LogP contribution in [0, 0.1) is 0 Å². The Morgan fingerprint density at radius 1 is 1.48 bits per heavy atom. The highest BCUT2D eigenvalue weighted by atomic mass is 16.5. The van der Waals surface area contributed by atoms with Gasteiger partial charge < -0.3 is 19.7 Å².